The Hall–Kier alpha value is -1.84. The van der Waals surface area contributed by atoms with Gasteiger partial charge in [-0.1, -0.05) is 26.0 Å². The highest BCUT2D eigenvalue weighted by atomic mass is 16.2. The standard InChI is InChI=1S/C14H20N2O2/c1-4-11-6-5-7-12(8-11)14(18)16-10(3)9(2)13(15)17/h5-10H,4H2,1-3H3,(H2,15,17)(H,16,18). The Kier molecular flexibility index (Phi) is 4.89. The molecular weight excluding hydrogens is 228 g/mol. The van der Waals surface area contributed by atoms with Gasteiger partial charge in [-0.05, 0) is 31.0 Å². The Morgan fingerprint density at radius 2 is 2.00 bits per heavy atom. The highest BCUT2D eigenvalue weighted by molar-refractivity contribution is 5.94. The van der Waals surface area contributed by atoms with E-state index in [1.807, 2.05) is 25.1 Å². The van der Waals surface area contributed by atoms with Gasteiger partial charge in [0.1, 0.15) is 0 Å². The van der Waals surface area contributed by atoms with Gasteiger partial charge in [0.05, 0.1) is 5.92 Å². The maximum absolute atomic E-state index is 12.0. The Morgan fingerprint density at radius 1 is 1.33 bits per heavy atom. The molecule has 0 bridgehead atoms. The SMILES string of the molecule is CCc1cccc(C(=O)NC(C)C(C)C(N)=O)c1. The zero-order valence-electron chi connectivity index (χ0n) is 11.1. The van der Waals surface area contributed by atoms with E-state index in [0.29, 0.717) is 5.56 Å². The zero-order valence-corrected chi connectivity index (χ0v) is 11.1. The van der Waals surface area contributed by atoms with Crippen LogP contribution in [0.25, 0.3) is 0 Å². The van der Waals surface area contributed by atoms with Crippen molar-refractivity contribution in [2.24, 2.45) is 11.7 Å². The number of carbonyl (C=O) groups excluding carboxylic acids is 2. The summed E-state index contributed by atoms with van der Waals surface area (Å²) in [5.41, 5.74) is 6.93. The lowest BCUT2D eigenvalue weighted by atomic mass is 10.0. The average molecular weight is 248 g/mol. The van der Waals surface area contributed by atoms with E-state index in [1.165, 1.54) is 0 Å². The van der Waals surface area contributed by atoms with Gasteiger partial charge in [0.25, 0.3) is 5.91 Å². The van der Waals surface area contributed by atoms with E-state index in [9.17, 15) is 9.59 Å². The minimum atomic E-state index is -0.412. The van der Waals surface area contributed by atoms with Gasteiger partial charge >= 0.3 is 0 Å². The molecule has 98 valence electrons. The second kappa shape index (κ2) is 6.19. The molecule has 0 saturated heterocycles. The zero-order chi connectivity index (χ0) is 13.7. The molecule has 0 fully saturated rings. The Labute approximate surface area is 108 Å². The first-order valence-electron chi connectivity index (χ1n) is 6.14. The number of aryl methyl sites for hydroxylation is 1. The number of rotatable bonds is 5. The van der Waals surface area contributed by atoms with Crippen molar-refractivity contribution in [3.05, 3.63) is 35.4 Å². The normalized spacial score (nSPS) is 13.7. The maximum atomic E-state index is 12.0. The van der Waals surface area contributed by atoms with Crippen LogP contribution in [0.4, 0.5) is 0 Å². The Balaban J connectivity index is 2.73. The van der Waals surface area contributed by atoms with E-state index in [-0.39, 0.29) is 17.9 Å². The van der Waals surface area contributed by atoms with Crippen LogP contribution in [0, 0.1) is 5.92 Å². The van der Waals surface area contributed by atoms with E-state index in [4.69, 9.17) is 5.73 Å². The van der Waals surface area contributed by atoms with Crippen LogP contribution in [0.15, 0.2) is 24.3 Å². The van der Waals surface area contributed by atoms with Crippen LogP contribution in [0.1, 0.15) is 36.7 Å². The molecule has 0 aromatic heterocycles. The van der Waals surface area contributed by atoms with Crippen LogP contribution in [0.5, 0.6) is 0 Å². The molecule has 4 heteroatoms. The van der Waals surface area contributed by atoms with Gasteiger partial charge in [-0.2, -0.15) is 0 Å². The average Bonchev–Trinajstić information content (AvgIpc) is 2.37. The molecule has 1 aromatic carbocycles. The monoisotopic (exact) mass is 248 g/mol. The van der Waals surface area contributed by atoms with Crippen molar-refractivity contribution in [3.63, 3.8) is 0 Å². The summed E-state index contributed by atoms with van der Waals surface area (Å²) in [6.45, 7) is 5.52. The number of benzene rings is 1. The molecule has 4 nitrogen and oxygen atoms in total. The molecule has 0 aliphatic heterocycles. The van der Waals surface area contributed by atoms with E-state index in [2.05, 4.69) is 5.32 Å². The number of hydrogen-bond acceptors (Lipinski definition) is 2. The largest absolute Gasteiger partial charge is 0.369 e. The number of carbonyl (C=O) groups is 2. The molecule has 1 rings (SSSR count). The minimum absolute atomic E-state index is 0.175. The number of amides is 2. The second-order valence-electron chi connectivity index (χ2n) is 4.51. The number of primary amides is 1. The molecule has 0 radical (unpaired) electrons. The van der Waals surface area contributed by atoms with Crippen LogP contribution in [-0.4, -0.2) is 17.9 Å². The predicted octanol–water partition coefficient (Wildman–Crippen LogP) is 1.49. The van der Waals surface area contributed by atoms with E-state index >= 15 is 0 Å². The summed E-state index contributed by atoms with van der Waals surface area (Å²) in [4.78, 5) is 23.0. The third kappa shape index (κ3) is 3.58. The van der Waals surface area contributed by atoms with E-state index in [0.717, 1.165) is 12.0 Å². The van der Waals surface area contributed by atoms with E-state index < -0.39 is 5.91 Å². The quantitative estimate of drug-likeness (QED) is 0.828. The lowest BCUT2D eigenvalue weighted by molar-refractivity contribution is -0.121. The van der Waals surface area contributed by atoms with E-state index in [1.54, 1.807) is 19.9 Å². The fourth-order valence-corrected chi connectivity index (χ4v) is 1.59. The van der Waals surface area contributed by atoms with Gasteiger partial charge in [-0.25, -0.2) is 0 Å². The van der Waals surface area contributed by atoms with Gasteiger partial charge in [0.2, 0.25) is 5.91 Å². The molecule has 2 unspecified atom stereocenters. The summed E-state index contributed by atoms with van der Waals surface area (Å²) in [7, 11) is 0. The number of hydrogen-bond donors (Lipinski definition) is 2. The summed E-state index contributed by atoms with van der Waals surface area (Å²) < 4.78 is 0. The molecule has 0 aliphatic carbocycles. The molecule has 2 atom stereocenters. The highest BCUT2D eigenvalue weighted by Gasteiger charge is 2.19. The molecule has 0 saturated carbocycles. The van der Waals surface area contributed by atoms with Crippen molar-refractivity contribution in [3.8, 4) is 0 Å². The third-order valence-corrected chi connectivity index (χ3v) is 3.15. The summed E-state index contributed by atoms with van der Waals surface area (Å²) in [6, 6.07) is 7.18. The summed E-state index contributed by atoms with van der Waals surface area (Å²) in [5, 5.41) is 2.79. The van der Waals surface area contributed by atoms with Crippen LogP contribution in [0.2, 0.25) is 0 Å². The van der Waals surface area contributed by atoms with Crippen molar-refractivity contribution in [2.75, 3.05) is 0 Å². The Bertz CT molecular complexity index is 443. The number of nitrogens with one attached hydrogen (secondary N) is 1. The van der Waals surface area contributed by atoms with Crippen molar-refractivity contribution >= 4 is 11.8 Å². The lowest BCUT2D eigenvalue weighted by Crippen LogP contribution is -2.42. The third-order valence-electron chi connectivity index (χ3n) is 3.15. The van der Waals surface area contributed by atoms with Crippen LogP contribution >= 0.6 is 0 Å². The second-order valence-corrected chi connectivity index (χ2v) is 4.51. The minimum Gasteiger partial charge on any atom is -0.369 e. The van der Waals surface area contributed by atoms with Crippen LogP contribution in [-0.2, 0) is 11.2 Å². The van der Waals surface area contributed by atoms with Crippen LogP contribution in [0.3, 0.4) is 0 Å². The Morgan fingerprint density at radius 3 is 2.56 bits per heavy atom. The molecule has 1 aromatic rings. The predicted molar refractivity (Wildman–Crippen MR) is 71.1 cm³/mol. The maximum Gasteiger partial charge on any atom is 0.251 e. The van der Waals surface area contributed by atoms with Crippen molar-refractivity contribution in [1.29, 1.82) is 0 Å². The molecule has 0 spiro atoms. The first kappa shape index (κ1) is 14.2. The first-order chi connectivity index (χ1) is 8.45. The summed E-state index contributed by atoms with van der Waals surface area (Å²) in [6.07, 6.45) is 0.883. The van der Waals surface area contributed by atoms with Gasteiger partial charge in [-0.3, -0.25) is 9.59 Å². The van der Waals surface area contributed by atoms with Gasteiger partial charge in [0, 0.05) is 11.6 Å². The molecular formula is C14H20N2O2. The van der Waals surface area contributed by atoms with Gasteiger partial charge < -0.3 is 11.1 Å². The molecule has 2 amide bonds. The molecule has 3 N–H and O–H groups in total. The molecule has 0 heterocycles. The topological polar surface area (TPSA) is 72.2 Å². The van der Waals surface area contributed by atoms with Crippen LogP contribution < -0.4 is 11.1 Å². The van der Waals surface area contributed by atoms with Crippen molar-refractivity contribution < 1.29 is 9.59 Å². The molecule has 0 aliphatic rings. The highest BCUT2D eigenvalue weighted by Crippen LogP contribution is 2.08. The van der Waals surface area contributed by atoms with Crippen molar-refractivity contribution in [2.45, 2.75) is 33.2 Å². The fourth-order valence-electron chi connectivity index (χ4n) is 1.59. The lowest BCUT2D eigenvalue weighted by Gasteiger charge is -2.18. The number of nitrogens with two attached hydrogens (primary N) is 1. The smallest absolute Gasteiger partial charge is 0.251 e. The van der Waals surface area contributed by atoms with Gasteiger partial charge in [0.15, 0.2) is 0 Å². The fraction of sp³-hybridized carbons (Fsp3) is 0.429. The first-order valence-corrected chi connectivity index (χ1v) is 6.14. The summed E-state index contributed by atoms with van der Waals surface area (Å²) >= 11 is 0. The van der Waals surface area contributed by atoms with Crippen molar-refractivity contribution in [1.82, 2.24) is 5.32 Å². The molecule has 18 heavy (non-hydrogen) atoms. The summed E-state index contributed by atoms with van der Waals surface area (Å²) in [5.74, 6) is -0.973. The van der Waals surface area contributed by atoms with Gasteiger partial charge in [-0.15, -0.1) is 0 Å².